The predicted octanol–water partition coefficient (Wildman–Crippen LogP) is 1.92. The summed E-state index contributed by atoms with van der Waals surface area (Å²) in [6.07, 6.45) is 0.512. The second kappa shape index (κ2) is 5.57. The molecule has 104 valence electrons. The van der Waals surface area contributed by atoms with Crippen LogP contribution in [0.3, 0.4) is 0 Å². The number of carbonyl (C=O) groups is 1. The molecule has 2 N–H and O–H groups in total. The van der Waals surface area contributed by atoms with Crippen LogP contribution in [0, 0.1) is 5.82 Å². The predicted molar refractivity (Wildman–Crippen MR) is 68.3 cm³/mol. The molecule has 1 amide bonds. The Morgan fingerprint density at radius 3 is 2.68 bits per heavy atom. The minimum atomic E-state index is -0.743. The van der Waals surface area contributed by atoms with Gasteiger partial charge in [-0.2, -0.15) is 0 Å². The lowest BCUT2D eigenvalue weighted by atomic mass is 10.1. The second-order valence-corrected chi connectivity index (χ2v) is 4.91. The van der Waals surface area contributed by atoms with Crippen LogP contribution in [0.4, 0.5) is 4.39 Å². The largest absolute Gasteiger partial charge is 0.478 e. The molecule has 0 heterocycles. The summed E-state index contributed by atoms with van der Waals surface area (Å²) < 4.78 is 19.0. The zero-order chi connectivity index (χ0) is 14.0. The van der Waals surface area contributed by atoms with Gasteiger partial charge in [0, 0.05) is 6.04 Å². The zero-order valence-corrected chi connectivity index (χ0v) is 11.0. The van der Waals surface area contributed by atoms with Crippen LogP contribution in [0.1, 0.15) is 38.4 Å². The van der Waals surface area contributed by atoms with Crippen LogP contribution in [0.2, 0.25) is 0 Å². The van der Waals surface area contributed by atoms with Crippen molar-refractivity contribution < 1.29 is 19.0 Å². The third-order valence-corrected chi connectivity index (χ3v) is 3.04. The molecule has 1 fully saturated rings. The fraction of sp³-hybridized carbons (Fsp3) is 0.500. The Kier molecular flexibility index (Phi) is 4.04. The number of amides is 1. The number of aliphatic hydroxyl groups is 1. The van der Waals surface area contributed by atoms with Gasteiger partial charge in [-0.15, -0.1) is 0 Å². The van der Waals surface area contributed by atoms with E-state index < -0.39 is 18.0 Å². The molecule has 0 aliphatic heterocycles. The maximum absolute atomic E-state index is 13.7. The first-order chi connectivity index (χ1) is 8.97. The van der Waals surface area contributed by atoms with Crippen LogP contribution in [0.25, 0.3) is 0 Å². The summed E-state index contributed by atoms with van der Waals surface area (Å²) in [6.45, 7) is 3.14. The van der Waals surface area contributed by atoms with E-state index in [1.54, 1.807) is 19.9 Å². The number of hydrogen-bond acceptors (Lipinski definition) is 3. The molecule has 0 spiro atoms. The van der Waals surface area contributed by atoms with Gasteiger partial charge < -0.3 is 15.2 Å². The van der Waals surface area contributed by atoms with Crippen molar-refractivity contribution in [1.82, 2.24) is 5.32 Å². The molecule has 2 atom stereocenters. The van der Waals surface area contributed by atoms with Crippen LogP contribution < -0.4 is 10.1 Å². The van der Waals surface area contributed by atoms with Gasteiger partial charge in [0.05, 0.1) is 6.10 Å². The highest BCUT2D eigenvalue weighted by atomic mass is 19.1. The molecule has 1 aromatic carbocycles. The maximum atomic E-state index is 13.7. The van der Waals surface area contributed by atoms with Gasteiger partial charge in [-0.3, -0.25) is 4.79 Å². The number of ether oxygens (including phenoxy) is 1. The van der Waals surface area contributed by atoms with Crippen LogP contribution in [0.5, 0.6) is 5.75 Å². The van der Waals surface area contributed by atoms with E-state index in [0.717, 1.165) is 12.8 Å². The van der Waals surface area contributed by atoms with E-state index in [2.05, 4.69) is 5.32 Å². The fourth-order valence-corrected chi connectivity index (χ4v) is 1.66. The van der Waals surface area contributed by atoms with Gasteiger partial charge in [-0.25, -0.2) is 4.39 Å². The number of rotatable bonds is 5. The Bertz CT molecular complexity index is 472. The molecule has 1 saturated carbocycles. The third kappa shape index (κ3) is 3.67. The molecule has 1 unspecified atom stereocenters. The number of carbonyl (C=O) groups excluding carboxylic acids is 1. The normalized spacial score (nSPS) is 17.7. The smallest absolute Gasteiger partial charge is 0.260 e. The van der Waals surface area contributed by atoms with E-state index in [9.17, 15) is 14.3 Å². The number of hydrogen-bond donors (Lipinski definition) is 2. The van der Waals surface area contributed by atoms with Gasteiger partial charge in [0.15, 0.2) is 17.7 Å². The molecule has 4 nitrogen and oxygen atoms in total. The molecule has 2 rings (SSSR count). The van der Waals surface area contributed by atoms with Crippen molar-refractivity contribution in [3.8, 4) is 5.75 Å². The molecule has 0 bridgehead atoms. The maximum Gasteiger partial charge on any atom is 0.260 e. The van der Waals surface area contributed by atoms with Gasteiger partial charge >= 0.3 is 0 Å². The molecular formula is C14H18FNO3. The summed E-state index contributed by atoms with van der Waals surface area (Å²) >= 11 is 0. The number of nitrogens with one attached hydrogen (secondary N) is 1. The molecular weight excluding hydrogens is 249 g/mol. The van der Waals surface area contributed by atoms with Crippen LogP contribution >= 0.6 is 0 Å². The molecule has 1 aliphatic carbocycles. The van der Waals surface area contributed by atoms with Crippen LogP contribution in [-0.4, -0.2) is 23.2 Å². The van der Waals surface area contributed by atoms with Crippen molar-refractivity contribution in [2.75, 3.05) is 0 Å². The second-order valence-electron chi connectivity index (χ2n) is 4.91. The summed E-state index contributed by atoms with van der Waals surface area (Å²) in [6, 6.07) is 4.47. The van der Waals surface area contributed by atoms with Crippen molar-refractivity contribution >= 4 is 5.91 Å². The zero-order valence-electron chi connectivity index (χ0n) is 11.0. The monoisotopic (exact) mass is 267 g/mol. The summed E-state index contributed by atoms with van der Waals surface area (Å²) in [5, 5.41) is 12.1. The quantitative estimate of drug-likeness (QED) is 0.857. The first kappa shape index (κ1) is 13.8. The molecule has 5 heteroatoms. The highest BCUT2D eigenvalue weighted by Crippen LogP contribution is 2.23. The number of benzene rings is 1. The number of halogens is 1. The molecule has 1 aromatic rings. The van der Waals surface area contributed by atoms with Gasteiger partial charge in [0.1, 0.15) is 0 Å². The van der Waals surface area contributed by atoms with E-state index in [1.807, 2.05) is 0 Å². The fourth-order valence-electron chi connectivity index (χ4n) is 1.66. The van der Waals surface area contributed by atoms with Crippen molar-refractivity contribution in [2.45, 2.75) is 44.9 Å². The standard InChI is InChI=1S/C14H18FNO3/c1-8(17)10-3-6-13(12(15)7-10)19-9(2)14(18)16-11-4-5-11/h3,6-9,11,17H,4-5H2,1-2H3,(H,16,18)/t8-,9?/m0/s1. The Morgan fingerprint density at radius 1 is 1.47 bits per heavy atom. The number of aliphatic hydroxyl groups excluding tert-OH is 1. The summed E-state index contributed by atoms with van der Waals surface area (Å²) in [5.41, 5.74) is 0.472. The van der Waals surface area contributed by atoms with Crippen molar-refractivity contribution in [1.29, 1.82) is 0 Å². The van der Waals surface area contributed by atoms with Gasteiger partial charge in [-0.05, 0) is 44.4 Å². The SMILES string of the molecule is CC(Oc1ccc([C@H](C)O)cc1F)C(=O)NC1CC1. The van der Waals surface area contributed by atoms with Gasteiger partial charge in [0.25, 0.3) is 5.91 Å². The van der Waals surface area contributed by atoms with Crippen molar-refractivity contribution in [3.63, 3.8) is 0 Å². The lowest BCUT2D eigenvalue weighted by Crippen LogP contribution is -2.37. The van der Waals surface area contributed by atoms with E-state index in [4.69, 9.17) is 4.74 Å². The molecule has 0 saturated heterocycles. The Morgan fingerprint density at radius 2 is 2.16 bits per heavy atom. The van der Waals surface area contributed by atoms with E-state index in [0.29, 0.717) is 5.56 Å². The highest BCUT2D eigenvalue weighted by Gasteiger charge is 2.26. The topological polar surface area (TPSA) is 58.6 Å². The van der Waals surface area contributed by atoms with Crippen molar-refractivity contribution in [3.05, 3.63) is 29.6 Å². The Labute approximate surface area is 111 Å². The summed E-state index contributed by atoms with van der Waals surface area (Å²) in [4.78, 5) is 11.7. The molecule has 1 aliphatic rings. The van der Waals surface area contributed by atoms with E-state index >= 15 is 0 Å². The van der Waals surface area contributed by atoms with Gasteiger partial charge in [-0.1, -0.05) is 6.07 Å². The first-order valence-electron chi connectivity index (χ1n) is 6.42. The van der Waals surface area contributed by atoms with Crippen LogP contribution in [0.15, 0.2) is 18.2 Å². The lowest BCUT2D eigenvalue weighted by molar-refractivity contribution is -0.127. The highest BCUT2D eigenvalue weighted by molar-refractivity contribution is 5.81. The summed E-state index contributed by atoms with van der Waals surface area (Å²) in [7, 11) is 0. The third-order valence-electron chi connectivity index (χ3n) is 3.04. The Hall–Kier alpha value is -1.62. The molecule has 0 radical (unpaired) electrons. The minimum absolute atomic E-state index is 0.0165. The van der Waals surface area contributed by atoms with E-state index in [-0.39, 0.29) is 17.7 Å². The molecule has 0 aromatic heterocycles. The Balaban J connectivity index is 1.99. The van der Waals surface area contributed by atoms with E-state index in [1.165, 1.54) is 12.1 Å². The average Bonchev–Trinajstić information content (AvgIpc) is 3.15. The minimum Gasteiger partial charge on any atom is -0.478 e. The molecule has 19 heavy (non-hydrogen) atoms. The van der Waals surface area contributed by atoms with Crippen molar-refractivity contribution in [2.24, 2.45) is 0 Å². The first-order valence-corrected chi connectivity index (χ1v) is 6.42. The lowest BCUT2D eigenvalue weighted by Gasteiger charge is -2.15. The summed E-state index contributed by atoms with van der Waals surface area (Å²) in [5.74, 6) is -0.797. The van der Waals surface area contributed by atoms with Crippen LogP contribution in [-0.2, 0) is 4.79 Å². The van der Waals surface area contributed by atoms with Gasteiger partial charge in [0.2, 0.25) is 0 Å². The average molecular weight is 267 g/mol.